The van der Waals surface area contributed by atoms with Gasteiger partial charge in [-0.3, -0.25) is 14.5 Å². The molecule has 0 aromatic carbocycles. The summed E-state index contributed by atoms with van der Waals surface area (Å²) in [4.78, 5) is 53.1. The van der Waals surface area contributed by atoms with E-state index in [0.29, 0.717) is 16.0 Å². The Morgan fingerprint density at radius 2 is 2.29 bits per heavy atom. The Bertz CT molecular complexity index is 1140. The number of thioether (sulfide) groups is 1. The van der Waals surface area contributed by atoms with Crippen LogP contribution in [0.3, 0.4) is 0 Å². The molecule has 0 unspecified atom stereocenters. The van der Waals surface area contributed by atoms with Gasteiger partial charge in [0.25, 0.3) is 18.7 Å². The summed E-state index contributed by atoms with van der Waals surface area (Å²) in [5, 5.41) is 16.8. The molecule has 188 valence electrons. The van der Waals surface area contributed by atoms with Crippen molar-refractivity contribution >= 4 is 51.7 Å². The number of aliphatic carboxylic acids is 1. The fourth-order valence-electron chi connectivity index (χ4n) is 3.94. The van der Waals surface area contributed by atoms with Crippen LogP contribution in [-0.4, -0.2) is 93.9 Å². The lowest BCUT2D eigenvalue weighted by atomic mass is 10.0. The van der Waals surface area contributed by atoms with Gasteiger partial charge in [-0.25, -0.2) is 14.2 Å². The molecule has 4 N–H and O–H groups in total. The molecule has 0 spiro atoms. The maximum Gasteiger partial charge on any atom is 0.352 e. The zero-order valence-electron chi connectivity index (χ0n) is 18.8. The molecule has 0 radical (unpaired) electrons. The molecule has 12 nitrogen and oxygen atoms in total. The van der Waals surface area contributed by atoms with E-state index in [4.69, 9.17) is 10.6 Å². The van der Waals surface area contributed by atoms with Crippen molar-refractivity contribution in [3.05, 3.63) is 34.5 Å². The Balaban J connectivity index is 1.49. The highest BCUT2D eigenvalue weighted by Crippen LogP contribution is 2.41. The molecule has 4 rings (SSSR count). The number of β-lactam (4-membered cyclic amide) rings is 1. The van der Waals surface area contributed by atoms with Gasteiger partial charge in [-0.15, -0.1) is 23.1 Å². The first kappa shape index (κ1) is 25.1. The number of carbonyl (C=O) groups excluding carboxylic acids is 2. The number of allylic oxidation sites excluding steroid dienone is 1. The number of amides is 2. The summed E-state index contributed by atoms with van der Waals surface area (Å²) >= 11 is 2.36. The molecular weight excluding hydrogens is 503 g/mol. The van der Waals surface area contributed by atoms with E-state index in [1.54, 1.807) is 6.08 Å². The topological polar surface area (TPSA) is 156 Å². The smallest absolute Gasteiger partial charge is 0.352 e. The summed E-state index contributed by atoms with van der Waals surface area (Å²) in [6.07, 6.45) is 4.14. The number of fused-ring (bicyclic) bond motifs is 1. The van der Waals surface area contributed by atoms with Gasteiger partial charge in [-0.2, -0.15) is 9.48 Å². The molecule has 3 aliphatic rings. The third-order valence-electron chi connectivity index (χ3n) is 5.56. The number of quaternary nitrogens is 1. The van der Waals surface area contributed by atoms with Crippen LogP contribution in [0.2, 0.25) is 0 Å². The number of hydrogen-bond donors (Lipinski definition) is 3. The zero-order valence-corrected chi connectivity index (χ0v) is 20.5. The number of nitrogens with one attached hydrogen (secondary N) is 1. The molecular formula is C20H24FN6O6S2+. The molecule has 1 aromatic heterocycles. The number of carboxylic acids is 1. The van der Waals surface area contributed by atoms with E-state index in [-0.39, 0.29) is 28.3 Å². The van der Waals surface area contributed by atoms with E-state index in [1.165, 1.54) is 17.1 Å². The average Bonchev–Trinajstić information content (AvgIpc) is 3.39. The maximum atomic E-state index is 12.9. The molecule has 2 amide bonds. The first-order chi connectivity index (χ1) is 16.6. The lowest BCUT2D eigenvalue weighted by Gasteiger charge is -2.49. The van der Waals surface area contributed by atoms with Gasteiger partial charge in [0, 0.05) is 17.6 Å². The van der Waals surface area contributed by atoms with Gasteiger partial charge in [0.15, 0.2) is 10.8 Å². The second kappa shape index (κ2) is 9.93. The Morgan fingerprint density at radius 1 is 1.51 bits per heavy atom. The average molecular weight is 528 g/mol. The molecule has 3 atom stereocenters. The first-order valence-electron chi connectivity index (χ1n) is 10.5. The number of nitrogens with two attached hydrogens (primary N) is 1. The van der Waals surface area contributed by atoms with E-state index >= 15 is 0 Å². The molecule has 15 heteroatoms. The van der Waals surface area contributed by atoms with E-state index in [9.17, 15) is 23.9 Å². The van der Waals surface area contributed by atoms with Crippen LogP contribution in [0.25, 0.3) is 0 Å². The molecule has 1 aromatic rings. The van der Waals surface area contributed by atoms with Crippen molar-refractivity contribution in [2.75, 3.05) is 39.0 Å². The number of aromatic nitrogens is 1. The maximum absolute atomic E-state index is 12.9. The number of rotatable bonds is 8. The van der Waals surface area contributed by atoms with Crippen molar-refractivity contribution in [3.8, 4) is 0 Å². The van der Waals surface area contributed by atoms with Crippen LogP contribution in [0.1, 0.15) is 12.1 Å². The second-order valence-corrected chi connectivity index (χ2v) is 10.4. The summed E-state index contributed by atoms with van der Waals surface area (Å²) in [7, 11) is 3.88. The largest absolute Gasteiger partial charge is 0.477 e. The van der Waals surface area contributed by atoms with Crippen molar-refractivity contribution in [2.24, 2.45) is 5.16 Å². The summed E-state index contributed by atoms with van der Waals surface area (Å²) in [6, 6.07) is -1.00. The SMILES string of the molecule is C[N+]1(C)CC[C@H](/C=C/C2=C(C(=O)O)N3C(=O)[C@@H](NC(=O)/C(=N\OCF)c4csc(N)n4)[C@H]3SC2)O1. The molecule has 0 aliphatic carbocycles. The highest BCUT2D eigenvalue weighted by molar-refractivity contribution is 8.00. The fourth-order valence-corrected chi connectivity index (χ4v) is 5.80. The van der Waals surface area contributed by atoms with Crippen LogP contribution in [0.5, 0.6) is 0 Å². The zero-order chi connectivity index (χ0) is 25.3. The van der Waals surface area contributed by atoms with Crippen LogP contribution in [0, 0.1) is 0 Å². The summed E-state index contributed by atoms with van der Waals surface area (Å²) in [5.41, 5.74) is 5.66. The number of oxime groups is 1. The third-order valence-corrected chi connectivity index (χ3v) is 7.53. The Labute approximate surface area is 207 Å². The number of anilines is 1. The molecule has 2 fully saturated rings. The summed E-state index contributed by atoms with van der Waals surface area (Å²) in [5.74, 6) is -2.34. The number of halogens is 1. The van der Waals surface area contributed by atoms with Crippen molar-refractivity contribution in [3.63, 3.8) is 0 Å². The minimum atomic E-state index is -1.27. The minimum absolute atomic E-state index is 0.0628. The molecule has 0 saturated carbocycles. The van der Waals surface area contributed by atoms with Gasteiger partial charge < -0.3 is 21.0 Å². The summed E-state index contributed by atoms with van der Waals surface area (Å²) in [6.45, 7) is -0.436. The van der Waals surface area contributed by atoms with Gasteiger partial charge in [0.2, 0.25) is 0 Å². The molecule has 2 saturated heterocycles. The number of carbonyl (C=O) groups is 3. The predicted octanol–water partition coefficient (Wildman–Crippen LogP) is 0.448. The van der Waals surface area contributed by atoms with Gasteiger partial charge in [0.1, 0.15) is 35.5 Å². The van der Waals surface area contributed by atoms with Crippen molar-refractivity contribution in [2.45, 2.75) is 23.9 Å². The van der Waals surface area contributed by atoms with Gasteiger partial charge in [0.05, 0.1) is 14.1 Å². The minimum Gasteiger partial charge on any atom is -0.477 e. The van der Waals surface area contributed by atoms with Crippen LogP contribution in [0.4, 0.5) is 9.52 Å². The number of alkyl halides is 1. The Hall–Kier alpha value is -3.01. The quantitative estimate of drug-likeness (QED) is 0.189. The highest BCUT2D eigenvalue weighted by atomic mass is 32.2. The lowest BCUT2D eigenvalue weighted by molar-refractivity contribution is -1.06. The first-order valence-corrected chi connectivity index (χ1v) is 12.4. The van der Waals surface area contributed by atoms with E-state index in [2.05, 4.69) is 20.3 Å². The molecule has 35 heavy (non-hydrogen) atoms. The number of carboxylic acid groups (broad SMARTS) is 1. The fraction of sp³-hybridized carbons (Fsp3) is 0.450. The number of nitrogens with zero attached hydrogens (tertiary/aromatic N) is 4. The standard InChI is InChI=1S/C20H23FN6O6S2/c1-27(2)6-5-11(33-27)4-3-10-7-34-18-14(17(29)26(18)15(10)19(30)31)24-16(28)13(25-32-9-21)12-8-35-20(22)23-12/h3-4,8,11,14,18H,5-7,9H2,1-2H3,(H3-,22,23,24,28,30,31)/p+1/b4-3+,25-13-/t11-,14+,18+/m0/s1. The van der Waals surface area contributed by atoms with Gasteiger partial charge in [-0.05, 0) is 11.6 Å². The Kier molecular flexibility index (Phi) is 7.12. The van der Waals surface area contributed by atoms with E-state index in [1.807, 2.05) is 20.2 Å². The van der Waals surface area contributed by atoms with E-state index in [0.717, 1.165) is 29.2 Å². The number of thiazole rings is 1. The number of nitrogen functional groups attached to an aromatic ring is 1. The number of hydrogen-bond acceptors (Lipinski definition) is 10. The lowest BCUT2D eigenvalue weighted by Crippen LogP contribution is -2.71. The van der Waals surface area contributed by atoms with Crippen LogP contribution in [0.15, 0.2) is 34.0 Å². The van der Waals surface area contributed by atoms with Gasteiger partial charge >= 0.3 is 5.97 Å². The normalized spacial score (nSPS) is 26.0. The molecule has 0 bridgehead atoms. The second-order valence-electron chi connectivity index (χ2n) is 8.38. The predicted molar refractivity (Wildman–Crippen MR) is 125 cm³/mol. The number of hydroxylamine groups is 3. The van der Waals surface area contributed by atoms with Crippen LogP contribution in [-0.2, 0) is 24.1 Å². The van der Waals surface area contributed by atoms with Crippen LogP contribution < -0.4 is 11.1 Å². The highest BCUT2D eigenvalue weighted by Gasteiger charge is 2.54. The van der Waals surface area contributed by atoms with Gasteiger partial charge in [-0.1, -0.05) is 11.2 Å². The summed E-state index contributed by atoms with van der Waals surface area (Å²) < 4.78 is 12.9. The monoisotopic (exact) mass is 527 g/mol. The Morgan fingerprint density at radius 3 is 2.89 bits per heavy atom. The van der Waals surface area contributed by atoms with E-state index < -0.39 is 36.1 Å². The van der Waals surface area contributed by atoms with Crippen molar-refractivity contribution in [1.29, 1.82) is 0 Å². The molecule has 4 heterocycles. The third kappa shape index (κ3) is 5.17. The van der Waals surface area contributed by atoms with Crippen LogP contribution >= 0.6 is 23.1 Å². The molecule has 3 aliphatic heterocycles. The van der Waals surface area contributed by atoms with Crippen molar-refractivity contribution < 1.29 is 38.2 Å². The van der Waals surface area contributed by atoms with Crippen molar-refractivity contribution in [1.82, 2.24) is 15.2 Å².